The molecule has 0 radical (unpaired) electrons. The molecule has 3 heteroatoms. The minimum Gasteiger partial charge on any atom is -0.357 e. The highest BCUT2D eigenvalue weighted by Gasteiger charge is 2.45. The summed E-state index contributed by atoms with van der Waals surface area (Å²) in [6.07, 6.45) is 4.10. The number of H-pyrrole nitrogens is 1. The minimum absolute atomic E-state index is 0.311. The maximum atomic E-state index is 12.0. The number of carbonyl (C=O) groups is 1. The second-order valence-electron chi connectivity index (χ2n) is 6.95. The molecule has 108 valence electrons. The van der Waals surface area contributed by atoms with Crippen LogP contribution in [0.5, 0.6) is 0 Å². The molecule has 1 saturated carbocycles. The number of hydrogen-bond donors (Lipinski definition) is 1. The first-order valence-corrected chi connectivity index (χ1v) is 8.17. The summed E-state index contributed by atoms with van der Waals surface area (Å²) in [5, 5.41) is 1.40. The highest BCUT2D eigenvalue weighted by molar-refractivity contribution is 5.85. The molecule has 2 aliphatic heterocycles. The number of para-hydroxylation sites is 1. The maximum Gasteiger partial charge on any atom is 0.137 e. The Kier molecular flexibility index (Phi) is 2.40. The van der Waals surface area contributed by atoms with E-state index < -0.39 is 0 Å². The van der Waals surface area contributed by atoms with Gasteiger partial charge in [-0.3, -0.25) is 9.69 Å². The number of fused-ring (bicyclic) bond motifs is 8. The van der Waals surface area contributed by atoms with Gasteiger partial charge in [0, 0.05) is 42.0 Å². The zero-order valence-electron chi connectivity index (χ0n) is 12.1. The summed E-state index contributed by atoms with van der Waals surface area (Å²) in [5.41, 5.74) is 4.25. The molecular weight excluding hydrogens is 260 g/mol. The summed E-state index contributed by atoms with van der Waals surface area (Å²) in [7, 11) is 0. The predicted octanol–water partition coefficient (Wildman–Crippen LogP) is 3.07. The molecule has 2 bridgehead atoms. The molecule has 1 N–H and O–H groups in total. The van der Waals surface area contributed by atoms with Crippen LogP contribution in [0.25, 0.3) is 10.9 Å². The van der Waals surface area contributed by atoms with Crippen molar-refractivity contribution in [2.24, 2.45) is 11.8 Å². The van der Waals surface area contributed by atoms with E-state index in [1.54, 1.807) is 0 Å². The zero-order valence-corrected chi connectivity index (χ0v) is 12.1. The van der Waals surface area contributed by atoms with Gasteiger partial charge in [-0.25, -0.2) is 0 Å². The van der Waals surface area contributed by atoms with Gasteiger partial charge in [-0.15, -0.1) is 0 Å². The van der Waals surface area contributed by atoms with Crippen LogP contribution in [0.2, 0.25) is 0 Å². The van der Waals surface area contributed by atoms with Gasteiger partial charge < -0.3 is 4.98 Å². The molecule has 2 fully saturated rings. The quantitative estimate of drug-likeness (QED) is 0.805. The van der Waals surface area contributed by atoms with Crippen LogP contribution in [0.1, 0.15) is 36.6 Å². The Balaban J connectivity index is 1.64. The first kappa shape index (κ1) is 12.0. The van der Waals surface area contributed by atoms with E-state index in [1.165, 1.54) is 22.2 Å². The van der Waals surface area contributed by atoms with E-state index in [2.05, 4.69) is 34.1 Å². The molecule has 3 heterocycles. The van der Waals surface area contributed by atoms with E-state index in [1.807, 2.05) is 0 Å². The largest absolute Gasteiger partial charge is 0.357 e. The van der Waals surface area contributed by atoms with Crippen molar-refractivity contribution in [3.63, 3.8) is 0 Å². The molecular formula is C18H20N2O. The molecule has 2 aromatic rings. The third-order valence-electron chi connectivity index (χ3n) is 5.89. The van der Waals surface area contributed by atoms with E-state index in [4.69, 9.17) is 0 Å². The lowest BCUT2D eigenvalue weighted by Crippen LogP contribution is -2.50. The average molecular weight is 280 g/mol. The molecule has 3 atom stereocenters. The van der Waals surface area contributed by atoms with Gasteiger partial charge in [0.05, 0.1) is 6.04 Å². The molecule has 3 nitrogen and oxygen atoms in total. The Hall–Kier alpha value is -1.61. The van der Waals surface area contributed by atoms with Crippen LogP contribution in [-0.2, 0) is 11.2 Å². The smallest absolute Gasteiger partial charge is 0.137 e. The topological polar surface area (TPSA) is 36.1 Å². The second kappa shape index (κ2) is 4.20. The molecule has 3 aliphatic rings. The SMILES string of the molecule is O=C1CC[C@@H]2C[C@H]1CN1CCc3c([nH]c4ccccc34)[C@@H]21. The first-order chi connectivity index (χ1) is 10.3. The van der Waals surface area contributed by atoms with Gasteiger partial charge in [-0.1, -0.05) is 18.2 Å². The second-order valence-corrected chi connectivity index (χ2v) is 6.95. The van der Waals surface area contributed by atoms with Crippen LogP contribution in [0.4, 0.5) is 0 Å². The molecule has 1 aliphatic carbocycles. The van der Waals surface area contributed by atoms with Crippen molar-refractivity contribution in [2.75, 3.05) is 13.1 Å². The molecule has 21 heavy (non-hydrogen) atoms. The predicted molar refractivity (Wildman–Crippen MR) is 82.2 cm³/mol. The molecule has 0 unspecified atom stereocenters. The van der Waals surface area contributed by atoms with Crippen LogP contribution in [0.3, 0.4) is 0 Å². The third kappa shape index (κ3) is 1.61. The maximum absolute atomic E-state index is 12.0. The number of nitrogens with one attached hydrogen (secondary N) is 1. The summed E-state index contributed by atoms with van der Waals surface area (Å²) in [6.45, 7) is 2.09. The minimum atomic E-state index is 0.311. The van der Waals surface area contributed by atoms with Crippen LogP contribution in [0.15, 0.2) is 24.3 Å². The number of benzene rings is 1. The molecule has 0 amide bonds. The van der Waals surface area contributed by atoms with Crippen molar-refractivity contribution in [2.45, 2.75) is 31.7 Å². The molecule has 0 spiro atoms. The fourth-order valence-corrected chi connectivity index (χ4v) is 4.95. The lowest BCUT2D eigenvalue weighted by molar-refractivity contribution is -0.131. The van der Waals surface area contributed by atoms with E-state index in [-0.39, 0.29) is 0 Å². The fourth-order valence-electron chi connectivity index (χ4n) is 4.95. The van der Waals surface area contributed by atoms with E-state index in [9.17, 15) is 4.79 Å². The van der Waals surface area contributed by atoms with Crippen molar-refractivity contribution < 1.29 is 4.79 Å². The van der Waals surface area contributed by atoms with Crippen molar-refractivity contribution in [3.8, 4) is 0 Å². The normalized spacial score (nSPS) is 32.0. The van der Waals surface area contributed by atoms with Crippen LogP contribution < -0.4 is 0 Å². The zero-order chi connectivity index (χ0) is 14.0. The van der Waals surface area contributed by atoms with Crippen LogP contribution >= 0.6 is 0 Å². The van der Waals surface area contributed by atoms with E-state index in [0.717, 1.165) is 38.8 Å². The summed E-state index contributed by atoms with van der Waals surface area (Å²) in [4.78, 5) is 18.3. The number of nitrogens with zero attached hydrogens (tertiary/aromatic N) is 1. The van der Waals surface area contributed by atoms with Gasteiger partial charge in [0.15, 0.2) is 0 Å². The van der Waals surface area contributed by atoms with Gasteiger partial charge in [0.2, 0.25) is 0 Å². The van der Waals surface area contributed by atoms with Gasteiger partial charge in [-0.05, 0) is 36.8 Å². The molecule has 1 aromatic carbocycles. The first-order valence-electron chi connectivity index (χ1n) is 8.17. The number of rotatable bonds is 0. The van der Waals surface area contributed by atoms with Gasteiger partial charge in [0.1, 0.15) is 5.78 Å². The highest BCUT2D eigenvalue weighted by Crippen LogP contribution is 2.47. The number of aromatic amines is 1. The standard InChI is InChI=1S/C18H20N2O/c21-16-6-5-11-9-12(16)10-20-8-7-14-13-3-1-2-4-15(13)19-17(14)18(11)20/h1-4,11-12,18-19H,5-10H2/t11-,12+,18-/m1/s1. The van der Waals surface area contributed by atoms with Crippen molar-refractivity contribution in [1.29, 1.82) is 0 Å². The average Bonchev–Trinajstić information content (AvgIpc) is 2.89. The fraction of sp³-hybridized carbons (Fsp3) is 0.500. The lowest BCUT2D eigenvalue weighted by atomic mass is 9.70. The number of piperidine rings is 1. The Morgan fingerprint density at radius 1 is 1.19 bits per heavy atom. The van der Waals surface area contributed by atoms with Crippen molar-refractivity contribution in [3.05, 3.63) is 35.5 Å². The van der Waals surface area contributed by atoms with Gasteiger partial charge >= 0.3 is 0 Å². The van der Waals surface area contributed by atoms with E-state index >= 15 is 0 Å². The molecule has 1 aromatic heterocycles. The van der Waals surface area contributed by atoms with Crippen LogP contribution in [0, 0.1) is 11.8 Å². The number of carbonyl (C=O) groups excluding carboxylic acids is 1. The van der Waals surface area contributed by atoms with Crippen molar-refractivity contribution >= 4 is 16.7 Å². The molecule has 5 rings (SSSR count). The summed E-state index contributed by atoms with van der Waals surface area (Å²) in [5.74, 6) is 1.48. The number of Topliss-reactive ketones (excluding diaryl/α,β-unsaturated/α-hetero) is 1. The Morgan fingerprint density at radius 2 is 2.10 bits per heavy atom. The number of aromatic nitrogens is 1. The lowest BCUT2D eigenvalue weighted by Gasteiger charge is -2.49. The van der Waals surface area contributed by atoms with Gasteiger partial charge in [0.25, 0.3) is 0 Å². The van der Waals surface area contributed by atoms with Crippen LogP contribution in [-0.4, -0.2) is 28.8 Å². The van der Waals surface area contributed by atoms with Gasteiger partial charge in [-0.2, -0.15) is 0 Å². The Morgan fingerprint density at radius 3 is 3.05 bits per heavy atom. The summed E-state index contributed by atoms with van der Waals surface area (Å²) < 4.78 is 0. The highest BCUT2D eigenvalue weighted by atomic mass is 16.1. The summed E-state index contributed by atoms with van der Waals surface area (Å²) >= 11 is 0. The third-order valence-corrected chi connectivity index (χ3v) is 5.89. The van der Waals surface area contributed by atoms with E-state index in [0.29, 0.717) is 23.7 Å². The van der Waals surface area contributed by atoms with Crippen molar-refractivity contribution in [1.82, 2.24) is 9.88 Å². The summed E-state index contributed by atoms with van der Waals surface area (Å²) in [6, 6.07) is 9.20. The number of ketones is 1. The Labute approximate surface area is 124 Å². The molecule has 1 saturated heterocycles. The Bertz CT molecular complexity index is 732. The monoisotopic (exact) mass is 280 g/mol. The number of hydrogen-bond acceptors (Lipinski definition) is 2.